The van der Waals surface area contributed by atoms with Crippen molar-refractivity contribution >= 4 is 27.5 Å². The lowest BCUT2D eigenvalue weighted by molar-refractivity contribution is -0.140. The van der Waals surface area contributed by atoms with Gasteiger partial charge in [-0.05, 0) is 88.1 Å². The van der Waals surface area contributed by atoms with Gasteiger partial charge in [-0.2, -0.15) is 0 Å². The normalized spacial score (nSPS) is 12.7. The minimum Gasteiger partial charge on any atom is -0.494 e. The number of ether oxygens (including phenoxy) is 1. The Morgan fingerprint density at radius 2 is 1.52 bits per heavy atom. The van der Waals surface area contributed by atoms with Gasteiger partial charge in [-0.3, -0.25) is 13.9 Å². The predicted octanol–water partition coefficient (Wildman–Crippen LogP) is 5.62. The van der Waals surface area contributed by atoms with Crippen molar-refractivity contribution in [2.75, 3.05) is 17.5 Å². The molecule has 0 aliphatic rings. The van der Waals surface area contributed by atoms with Crippen molar-refractivity contribution in [1.29, 1.82) is 0 Å². The summed E-state index contributed by atoms with van der Waals surface area (Å²) >= 11 is 0. The molecule has 0 radical (unpaired) electrons. The molecule has 0 spiro atoms. The summed E-state index contributed by atoms with van der Waals surface area (Å²) in [7, 11) is -4.14. The molecule has 1 N–H and O–H groups in total. The lowest BCUT2D eigenvalue weighted by atomic mass is 10.1. The van der Waals surface area contributed by atoms with E-state index in [9.17, 15) is 18.0 Å². The Kier molecular flexibility index (Phi) is 11.6. The molecule has 226 valence electrons. The molecule has 3 aromatic carbocycles. The van der Waals surface area contributed by atoms with Gasteiger partial charge in [-0.1, -0.05) is 55.8 Å². The minimum absolute atomic E-state index is 0.0655. The first-order chi connectivity index (χ1) is 20.0. The summed E-state index contributed by atoms with van der Waals surface area (Å²) in [6.07, 6.45) is 1.11. The van der Waals surface area contributed by atoms with Crippen molar-refractivity contribution in [2.24, 2.45) is 0 Å². The topological polar surface area (TPSA) is 96.0 Å². The number of aryl methyl sites for hydroxylation is 2. The van der Waals surface area contributed by atoms with Crippen LogP contribution in [0.15, 0.2) is 77.7 Å². The maximum absolute atomic E-state index is 14.2. The van der Waals surface area contributed by atoms with Crippen LogP contribution in [0.3, 0.4) is 0 Å². The van der Waals surface area contributed by atoms with Gasteiger partial charge < -0.3 is 15.0 Å². The van der Waals surface area contributed by atoms with Gasteiger partial charge in [0.1, 0.15) is 18.3 Å². The molecule has 8 nitrogen and oxygen atoms in total. The highest BCUT2D eigenvalue weighted by Gasteiger charge is 2.34. The second kappa shape index (κ2) is 14.9. The molecule has 0 aliphatic heterocycles. The number of anilines is 1. The third-order valence-corrected chi connectivity index (χ3v) is 9.10. The van der Waals surface area contributed by atoms with Crippen LogP contribution in [0.5, 0.6) is 5.75 Å². The van der Waals surface area contributed by atoms with Gasteiger partial charge in [0.2, 0.25) is 11.8 Å². The molecule has 3 rings (SSSR count). The Bertz CT molecular complexity index is 1440. The van der Waals surface area contributed by atoms with Gasteiger partial charge >= 0.3 is 0 Å². The molecule has 0 fully saturated rings. The molecule has 0 aromatic heterocycles. The first-order valence-electron chi connectivity index (χ1n) is 14.5. The van der Waals surface area contributed by atoms with Gasteiger partial charge in [0, 0.05) is 12.6 Å². The van der Waals surface area contributed by atoms with Crippen molar-refractivity contribution in [1.82, 2.24) is 10.2 Å². The molecule has 42 heavy (non-hydrogen) atoms. The number of amides is 2. The third kappa shape index (κ3) is 8.12. The number of sulfonamides is 1. The highest BCUT2D eigenvalue weighted by atomic mass is 32.2. The Hall–Kier alpha value is -3.85. The second-order valence-corrected chi connectivity index (χ2v) is 12.3. The second-order valence-electron chi connectivity index (χ2n) is 10.4. The molecule has 2 atom stereocenters. The van der Waals surface area contributed by atoms with Gasteiger partial charge in [0.15, 0.2) is 0 Å². The van der Waals surface area contributed by atoms with Crippen LogP contribution in [0, 0.1) is 13.8 Å². The van der Waals surface area contributed by atoms with Gasteiger partial charge in [0.25, 0.3) is 10.0 Å². The molecule has 2 amide bonds. The van der Waals surface area contributed by atoms with E-state index in [1.54, 1.807) is 36.4 Å². The summed E-state index contributed by atoms with van der Waals surface area (Å²) < 4.78 is 34.7. The lowest BCUT2D eigenvalue weighted by Gasteiger charge is -2.34. The summed E-state index contributed by atoms with van der Waals surface area (Å²) in [6, 6.07) is 20.0. The highest BCUT2D eigenvalue weighted by Crippen LogP contribution is 2.27. The number of hydrogen-bond acceptors (Lipinski definition) is 5. The Morgan fingerprint density at radius 3 is 2.10 bits per heavy atom. The highest BCUT2D eigenvalue weighted by molar-refractivity contribution is 7.92. The van der Waals surface area contributed by atoms with E-state index in [0.29, 0.717) is 24.5 Å². The van der Waals surface area contributed by atoms with Crippen LogP contribution in [0.2, 0.25) is 0 Å². The van der Waals surface area contributed by atoms with Crippen LogP contribution in [-0.2, 0) is 26.2 Å². The standard InChI is InChI=1S/C33H43N3O5S/c1-7-26(6)34-33(38)31(8-2)35(22-27-13-11-10-12-25(27)5)32(37)23-36(28-16-18-29(19-17-28)41-9-3)42(39,40)30-20-14-24(4)15-21-30/h10-21,26,31H,7-9,22-23H2,1-6H3,(H,34,38)/t26-,31+/m1/s1. The number of benzene rings is 3. The van der Waals surface area contributed by atoms with E-state index in [-0.39, 0.29) is 23.4 Å². The van der Waals surface area contributed by atoms with Crippen LogP contribution >= 0.6 is 0 Å². The number of carbonyl (C=O) groups excluding carboxylic acids is 2. The summed E-state index contributed by atoms with van der Waals surface area (Å²) in [4.78, 5) is 29.2. The fraction of sp³-hybridized carbons (Fsp3) is 0.394. The molecule has 0 aliphatic carbocycles. The largest absolute Gasteiger partial charge is 0.494 e. The van der Waals surface area contributed by atoms with Crippen LogP contribution in [0.25, 0.3) is 0 Å². The summed E-state index contributed by atoms with van der Waals surface area (Å²) in [5.74, 6) is -0.147. The summed E-state index contributed by atoms with van der Waals surface area (Å²) in [5.41, 5.74) is 3.10. The Morgan fingerprint density at radius 1 is 0.881 bits per heavy atom. The molecule has 0 saturated carbocycles. The van der Waals surface area contributed by atoms with E-state index in [4.69, 9.17) is 4.74 Å². The number of nitrogens with one attached hydrogen (secondary N) is 1. The van der Waals surface area contributed by atoms with Crippen molar-refractivity contribution in [3.8, 4) is 5.75 Å². The molecular weight excluding hydrogens is 550 g/mol. The Labute approximate surface area is 250 Å². The average molecular weight is 594 g/mol. The zero-order chi connectivity index (χ0) is 30.9. The SMILES string of the molecule is CCOc1ccc(N(CC(=O)N(Cc2ccccc2C)[C@@H](CC)C(=O)N[C@H](C)CC)S(=O)(=O)c2ccc(C)cc2)cc1. The Balaban J connectivity index is 2.07. The molecule has 9 heteroatoms. The molecule has 0 heterocycles. The van der Waals surface area contributed by atoms with Crippen LogP contribution in [0.1, 0.15) is 57.2 Å². The molecule has 0 bridgehead atoms. The first-order valence-corrected chi connectivity index (χ1v) is 15.9. The average Bonchev–Trinajstić information content (AvgIpc) is 2.97. The van der Waals surface area contributed by atoms with E-state index >= 15 is 0 Å². The molecule has 3 aromatic rings. The van der Waals surface area contributed by atoms with Crippen LogP contribution < -0.4 is 14.4 Å². The summed E-state index contributed by atoms with van der Waals surface area (Å²) in [5, 5.41) is 3.00. The third-order valence-electron chi connectivity index (χ3n) is 7.31. The fourth-order valence-corrected chi connectivity index (χ4v) is 5.99. The number of nitrogens with zero attached hydrogens (tertiary/aromatic N) is 2. The summed E-state index contributed by atoms with van der Waals surface area (Å²) in [6.45, 7) is 11.6. The van der Waals surface area contributed by atoms with Gasteiger partial charge in [-0.15, -0.1) is 0 Å². The minimum atomic E-state index is -4.14. The van der Waals surface area contributed by atoms with Crippen molar-refractivity contribution < 1.29 is 22.7 Å². The quantitative estimate of drug-likeness (QED) is 0.262. The van der Waals surface area contributed by atoms with E-state index in [0.717, 1.165) is 27.4 Å². The van der Waals surface area contributed by atoms with E-state index in [1.807, 2.05) is 65.8 Å². The van der Waals surface area contributed by atoms with Crippen molar-refractivity contribution in [2.45, 2.75) is 77.9 Å². The maximum Gasteiger partial charge on any atom is 0.264 e. The number of carbonyl (C=O) groups is 2. The van der Waals surface area contributed by atoms with E-state index in [2.05, 4.69) is 5.32 Å². The number of rotatable bonds is 14. The van der Waals surface area contributed by atoms with Crippen molar-refractivity contribution in [3.63, 3.8) is 0 Å². The predicted molar refractivity (Wildman–Crippen MR) is 167 cm³/mol. The fourth-order valence-electron chi connectivity index (χ4n) is 4.57. The van der Waals surface area contributed by atoms with E-state index < -0.39 is 28.5 Å². The monoisotopic (exact) mass is 593 g/mol. The molecule has 0 unspecified atom stereocenters. The maximum atomic E-state index is 14.2. The van der Waals surface area contributed by atoms with Crippen LogP contribution in [-0.4, -0.2) is 50.4 Å². The van der Waals surface area contributed by atoms with Gasteiger partial charge in [-0.25, -0.2) is 8.42 Å². The zero-order valence-corrected chi connectivity index (χ0v) is 26.3. The number of hydrogen-bond donors (Lipinski definition) is 1. The molecular formula is C33H43N3O5S. The van der Waals surface area contributed by atoms with Crippen molar-refractivity contribution in [3.05, 3.63) is 89.5 Å². The molecule has 0 saturated heterocycles. The van der Waals surface area contributed by atoms with Gasteiger partial charge in [0.05, 0.1) is 17.2 Å². The smallest absolute Gasteiger partial charge is 0.264 e. The zero-order valence-electron chi connectivity index (χ0n) is 25.5. The first kappa shape index (κ1) is 32.7. The van der Waals surface area contributed by atoms with E-state index in [1.165, 1.54) is 17.0 Å². The van der Waals surface area contributed by atoms with Crippen LogP contribution in [0.4, 0.5) is 5.69 Å². The lowest BCUT2D eigenvalue weighted by Crippen LogP contribution is -2.53.